The van der Waals surface area contributed by atoms with Crippen molar-refractivity contribution >= 4 is 17.5 Å². The SMILES string of the molecule is Cc1nn(CC(=O)N2CCOCC(O)C2)cc1Cl. The zero-order chi connectivity index (χ0) is 13.1. The fourth-order valence-corrected chi connectivity index (χ4v) is 1.98. The number of aliphatic hydroxyl groups is 1. The lowest BCUT2D eigenvalue weighted by Crippen LogP contribution is -2.39. The zero-order valence-electron chi connectivity index (χ0n) is 10.2. The van der Waals surface area contributed by atoms with Crippen molar-refractivity contribution in [3.63, 3.8) is 0 Å². The first-order valence-electron chi connectivity index (χ1n) is 5.79. The minimum atomic E-state index is -0.626. The highest BCUT2D eigenvalue weighted by Crippen LogP contribution is 2.12. The topological polar surface area (TPSA) is 67.6 Å². The van der Waals surface area contributed by atoms with Gasteiger partial charge < -0.3 is 14.7 Å². The van der Waals surface area contributed by atoms with Crippen molar-refractivity contribution in [2.24, 2.45) is 0 Å². The highest BCUT2D eigenvalue weighted by Gasteiger charge is 2.21. The van der Waals surface area contributed by atoms with Crippen molar-refractivity contribution in [2.75, 3.05) is 26.3 Å². The highest BCUT2D eigenvalue weighted by molar-refractivity contribution is 6.31. The van der Waals surface area contributed by atoms with Crippen LogP contribution in [-0.2, 0) is 16.1 Å². The van der Waals surface area contributed by atoms with Crippen molar-refractivity contribution in [1.82, 2.24) is 14.7 Å². The Morgan fingerprint density at radius 3 is 3.17 bits per heavy atom. The molecule has 18 heavy (non-hydrogen) atoms. The minimum absolute atomic E-state index is 0.0984. The molecule has 0 aliphatic carbocycles. The molecular formula is C11H16ClN3O3. The number of amides is 1. The summed E-state index contributed by atoms with van der Waals surface area (Å²) in [4.78, 5) is 13.6. The molecule has 0 spiro atoms. The van der Waals surface area contributed by atoms with Crippen LogP contribution < -0.4 is 0 Å². The lowest BCUT2D eigenvalue weighted by molar-refractivity contribution is -0.133. The van der Waals surface area contributed by atoms with Gasteiger partial charge in [0.15, 0.2) is 0 Å². The van der Waals surface area contributed by atoms with Crippen molar-refractivity contribution in [3.8, 4) is 0 Å². The quantitative estimate of drug-likeness (QED) is 0.828. The molecule has 1 aliphatic rings. The smallest absolute Gasteiger partial charge is 0.244 e. The molecule has 0 aromatic carbocycles. The average molecular weight is 274 g/mol. The molecule has 1 saturated heterocycles. The number of aromatic nitrogens is 2. The van der Waals surface area contributed by atoms with E-state index in [0.29, 0.717) is 30.4 Å². The molecule has 1 fully saturated rings. The fourth-order valence-electron chi connectivity index (χ4n) is 1.83. The predicted octanol–water partition coefficient (Wildman–Crippen LogP) is 0.0646. The molecule has 100 valence electrons. The van der Waals surface area contributed by atoms with Gasteiger partial charge in [-0.15, -0.1) is 0 Å². The van der Waals surface area contributed by atoms with Crippen LogP contribution in [0.1, 0.15) is 5.69 Å². The lowest BCUT2D eigenvalue weighted by Gasteiger charge is -2.21. The first kappa shape index (κ1) is 13.3. The number of carbonyl (C=O) groups excluding carboxylic acids is 1. The number of aliphatic hydroxyl groups excluding tert-OH is 1. The van der Waals surface area contributed by atoms with Crippen LogP contribution in [0.2, 0.25) is 5.02 Å². The molecular weight excluding hydrogens is 258 g/mol. The van der Waals surface area contributed by atoms with Gasteiger partial charge in [-0.25, -0.2) is 0 Å². The van der Waals surface area contributed by atoms with Gasteiger partial charge in [-0.3, -0.25) is 9.48 Å². The van der Waals surface area contributed by atoms with Gasteiger partial charge in [-0.2, -0.15) is 5.10 Å². The predicted molar refractivity (Wildman–Crippen MR) is 65.4 cm³/mol. The third-order valence-electron chi connectivity index (χ3n) is 2.78. The van der Waals surface area contributed by atoms with E-state index < -0.39 is 6.10 Å². The Kier molecular flexibility index (Phi) is 4.21. The second-order valence-electron chi connectivity index (χ2n) is 4.33. The van der Waals surface area contributed by atoms with Crippen LogP contribution in [0, 0.1) is 6.92 Å². The summed E-state index contributed by atoms with van der Waals surface area (Å²) < 4.78 is 6.69. The van der Waals surface area contributed by atoms with Crippen LogP contribution in [0.15, 0.2) is 6.20 Å². The number of aryl methyl sites for hydroxylation is 1. The van der Waals surface area contributed by atoms with Crippen molar-refractivity contribution in [1.29, 1.82) is 0 Å². The van der Waals surface area contributed by atoms with Gasteiger partial charge in [0.2, 0.25) is 5.91 Å². The van der Waals surface area contributed by atoms with E-state index in [1.54, 1.807) is 18.0 Å². The van der Waals surface area contributed by atoms with E-state index in [0.717, 1.165) is 0 Å². The van der Waals surface area contributed by atoms with Gasteiger partial charge in [-0.05, 0) is 6.92 Å². The molecule has 1 aromatic heterocycles. The largest absolute Gasteiger partial charge is 0.389 e. The molecule has 0 bridgehead atoms. The molecule has 7 heteroatoms. The van der Waals surface area contributed by atoms with Gasteiger partial charge >= 0.3 is 0 Å². The summed E-state index contributed by atoms with van der Waals surface area (Å²) in [5.41, 5.74) is 0.698. The first-order valence-corrected chi connectivity index (χ1v) is 6.17. The highest BCUT2D eigenvalue weighted by atomic mass is 35.5. The molecule has 2 heterocycles. The van der Waals surface area contributed by atoms with Crippen LogP contribution in [0.25, 0.3) is 0 Å². The Hall–Kier alpha value is -1.11. The second kappa shape index (κ2) is 5.69. The van der Waals surface area contributed by atoms with Gasteiger partial charge in [0.05, 0.1) is 30.0 Å². The van der Waals surface area contributed by atoms with Gasteiger partial charge in [0.25, 0.3) is 0 Å². The van der Waals surface area contributed by atoms with Gasteiger partial charge in [0.1, 0.15) is 6.54 Å². The molecule has 1 atom stereocenters. The Bertz CT molecular complexity index is 416. The Balaban J connectivity index is 1.98. The zero-order valence-corrected chi connectivity index (χ0v) is 10.9. The minimum Gasteiger partial charge on any atom is -0.389 e. The molecule has 1 amide bonds. The lowest BCUT2D eigenvalue weighted by atomic mass is 10.3. The first-order chi connectivity index (χ1) is 8.56. The van der Waals surface area contributed by atoms with E-state index in [-0.39, 0.29) is 19.1 Å². The van der Waals surface area contributed by atoms with E-state index in [2.05, 4.69) is 5.10 Å². The third-order valence-corrected chi connectivity index (χ3v) is 3.15. The summed E-state index contributed by atoms with van der Waals surface area (Å²) in [5.74, 6) is -0.0984. The third kappa shape index (κ3) is 3.22. The summed E-state index contributed by atoms with van der Waals surface area (Å²) in [6.07, 6.45) is 0.999. The molecule has 0 radical (unpaired) electrons. The van der Waals surface area contributed by atoms with Crippen LogP contribution >= 0.6 is 11.6 Å². The number of halogens is 1. The van der Waals surface area contributed by atoms with Crippen LogP contribution in [0.5, 0.6) is 0 Å². The number of β-amino-alcohol motifs (C(OH)–C–C–N with tert-alkyl or cyclic N) is 1. The monoisotopic (exact) mass is 273 g/mol. The summed E-state index contributed by atoms with van der Waals surface area (Å²) in [6.45, 7) is 3.42. The van der Waals surface area contributed by atoms with Gasteiger partial charge in [0, 0.05) is 19.3 Å². The van der Waals surface area contributed by atoms with Gasteiger partial charge in [-0.1, -0.05) is 11.6 Å². The maximum atomic E-state index is 12.0. The Morgan fingerprint density at radius 2 is 2.50 bits per heavy atom. The molecule has 2 rings (SSSR count). The molecule has 1 unspecified atom stereocenters. The van der Waals surface area contributed by atoms with Crippen molar-refractivity contribution < 1.29 is 14.6 Å². The number of hydrogen-bond donors (Lipinski definition) is 1. The van der Waals surface area contributed by atoms with E-state index in [9.17, 15) is 9.90 Å². The average Bonchev–Trinajstić information content (AvgIpc) is 2.53. The molecule has 0 saturated carbocycles. The molecule has 1 aromatic rings. The molecule has 1 N–H and O–H groups in total. The Labute approximate surface area is 110 Å². The Morgan fingerprint density at radius 1 is 1.72 bits per heavy atom. The standard InChI is InChI=1S/C11H16ClN3O3/c1-8-10(12)5-15(13-8)6-11(17)14-2-3-18-7-9(16)4-14/h5,9,16H,2-4,6-7H2,1H3. The van der Waals surface area contributed by atoms with Crippen LogP contribution in [0.3, 0.4) is 0 Å². The van der Waals surface area contributed by atoms with Crippen LogP contribution in [0.4, 0.5) is 0 Å². The van der Waals surface area contributed by atoms with E-state index in [4.69, 9.17) is 16.3 Å². The fraction of sp³-hybridized carbons (Fsp3) is 0.636. The molecule has 1 aliphatic heterocycles. The van der Waals surface area contributed by atoms with E-state index >= 15 is 0 Å². The molecule has 6 nitrogen and oxygen atoms in total. The summed E-state index contributed by atoms with van der Waals surface area (Å²) >= 11 is 5.88. The number of hydrogen-bond acceptors (Lipinski definition) is 4. The number of ether oxygens (including phenoxy) is 1. The maximum absolute atomic E-state index is 12.0. The van der Waals surface area contributed by atoms with Crippen molar-refractivity contribution in [2.45, 2.75) is 19.6 Å². The maximum Gasteiger partial charge on any atom is 0.244 e. The summed E-state index contributed by atoms with van der Waals surface area (Å²) in [5, 5.41) is 14.2. The van der Waals surface area contributed by atoms with E-state index in [1.807, 2.05) is 0 Å². The van der Waals surface area contributed by atoms with E-state index in [1.165, 1.54) is 4.68 Å². The van der Waals surface area contributed by atoms with Crippen molar-refractivity contribution in [3.05, 3.63) is 16.9 Å². The normalized spacial score (nSPS) is 20.8. The summed E-state index contributed by atoms with van der Waals surface area (Å²) in [6, 6.07) is 0. The number of carbonyl (C=O) groups is 1. The summed E-state index contributed by atoms with van der Waals surface area (Å²) in [7, 11) is 0. The number of rotatable bonds is 2. The second-order valence-corrected chi connectivity index (χ2v) is 4.74. The van der Waals surface area contributed by atoms with Crippen LogP contribution in [-0.4, -0.2) is 58.1 Å². The number of nitrogens with zero attached hydrogens (tertiary/aromatic N) is 3.